The number of hydrogen-bond donors (Lipinski definition) is 1. The summed E-state index contributed by atoms with van der Waals surface area (Å²) >= 11 is 0. The summed E-state index contributed by atoms with van der Waals surface area (Å²) in [6.45, 7) is 3.46. The molecule has 0 fully saturated rings. The van der Waals surface area contributed by atoms with Crippen molar-refractivity contribution in [3.8, 4) is 5.75 Å². The lowest BCUT2D eigenvalue weighted by Gasteiger charge is -2.10. The zero-order chi connectivity index (χ0) is 13.7. The second-order valence-electron chi connectivity index (χ2n) is 3.81. The van der Waals surface area contributed by atoms with Crippen LogP contribution in [0.25, 0.3) is 10.9 Å². The Morgan fingerprint density at radius 3 is 2.56 bits per heavy atom. The van der Waals surface area contributed by atoms with E-state index in [4.69, 9.17) is 10.7 Å². The van der Waals surface area contributed by atoms with Crippen LogP contribution in [0, 0.1) is 6.92 Å². The Kier molecular flexibility index (Phi) is 2.87. The molecule has 2 aromatic rings. The number of nitrogens with zero attached hydrogens (tertiary/aromatic N) is 1. The minimum absolute atomic E-state index is 0.0888. The molecule has 5 nitrogen and oxygen atoms in total. The van der Waals surface area contributed by atoms with Gasteiger partial charge in [0.1, 0.15) is 5.75 Å². The highest BCUT2D eigenvalue weighted by Crippen LogP contribution is 2.28. The first kappa shape index (κ1) is 12.9. The molecule has 0 aliphatic heterocycles. The van der Waals surface area contributed by atoms with E-state index in [1.165, 1.54) is 29.8 Å². The minimum atomic E-state index is -3.89. The Hall–Kier alpha value is -1.53. The Morgan fingerprint density at radius 1 is 1.39 bits per heavy atom. The highest BCUT2D eigenvalue weighted by Gasteiger charge is 2.15. The second-order valence-corrected chi connectivity index (χ2v) is 6.37. The fourth-order valence-corrected chi connectivity index (χ4v) is 2.50. The number of aromatic hydroxyl groups is 1. The summed E-state index contributed by atoms with van der Waals surface area (Å²) in [4.78, 5) is 11.5. The molecule has 0 atom stereocenters. The third kappa shape index (κ3) is 1.87. The zero-order valence-electron chi connectivity index (χ0n) is 9.34. The van der Waals surface area contributed by atoms with E-state index in [-0.39, 0.29) is 21.6 Å². The number of fused-ring (bicyclic) bond motifs is 1. The number of aromatic nitrogens is 1. The monoisotopic (exact) mass is 286 g/mol. The molecular formula is C11H9ClNO4S. The van der Waals surface area contributed by atoms with Crippen LogP contribution in [-0.2, 0) is 16.1 Å². The number of pyridine rings is 1. The summed E-state index contributed by atoms with van der Waals surface area (Å²) in [6, 6.07) is 3.89. The normalized spacial score (nSPS) is 11.9. The molecule has 7 heteroatoms. The second kappa shape index (κ2) is 4.00. The number of halogens is 1. The molecule has 1 aromatic carbocycles. The summed E-state index contributed by atoms with van der Waals surface area (Å²) in [5.74, 6) is -0.338. The first-order chi connectivity index (χ1) is 8.23. The molecule has 0 saturated heterocycles. The summed E-state index contributed by atoms with van der Waals surface area (Å²) in [7, 11) is 2.84. The van der Waals surface area contributed by atoms with Gasteiger partial charge in [0.2, 0.25) is 0 Å². The van der Waals surface area contributed by atoms with Crippen molar-refractivity contribution in [2.75, 3.05) is 0 Å². The Morgan fingerprint density at radius 2 is 2.00 bits per heavy atom. The Balaban J connectivity index is 3.00. The fourth-order valence-electron chi connectivity index (χ4n) is 1.72. The van der Waals surface area contributed by atoms with E-state index in [9.17, 15) is 18.3 Å². The molecule has 0 saturated carbocycles. The third-order valence-electron chi connectivity index (χ3n) is 2.71. The summed E-state index contributed by atoms with van der Waals surface area (Å²) in [6.07, 6.45) is 0. The van der Waals surface area contributed by atoms with Gasteiger partial charge in [-0.3, -0.25) is 4.79 Å². The van der Waals surface area contributed by atoms with Gasteiger partial charge in [0.25, 0.3) is 14.6 Å². The first-order valence-corrected chi connectivity index (χ1v) is 7.16. The number of rotatable bonds is 1. The van der Waals surface area contributed by atoms with Gasteiger partial charge < -0.3 is 9.67 Å². The summed E-state index contributed by atoms with van der Waals surface area (Å²) in [5.41, 5.74) is -0.135. The average Bonchev–Trinajstić information content (AvgIpc) is 2.32. The predicted molar refractivity (Wildman–Crippen MR) is 68.4 cm³/mol. The molecule has 1 N–H and O–H groups in total. The summed E-state index contributed by atoms with van der Waals surface area (Å²) < 4.78 is 23.7. The summed E-state index contributed by atoms with van der Waals surface area (Å²) in [5, 5.41) is 10.1. The van der Waals surface area contributed by atoms with E-state index in [0.717, 1.165) is 0 Å². The molecule has 1 heterocycles. The molecule has 0 bridgehead atoms. The first-order valence-electron chi connectivity index (χ1n) is 4.86. The van der Waals surface area contributed by atoms with Crippen molar-refractivity contribution in [2.24, 2.45) is 7.05 Å². The van der Waals surface area contributed by atoms with E-state index in [0.29, 0.717) is 5.52 Å². The van der Waals surface area contributed by atoms with E-state index in [2.05, 4.69) is 6.92 Å². The van der Waals surface area contributed by atoms with Gasteiger partial charge in [0.05, 0.1) is 16.0 Å². The Labute approximate surface area is 108 Å². The van der Waals surface area contributed by atoms with E-state index < -0.39 is 14.6 Å². The molecule has 95 valence electrons. The highest BCUT2D eigenvalue weighted by molar-refractivity contribution is 8.13. The SMILES string of the molecule is [CH2]c1c(O)c2cc(S(=O)(=O)Cl)ccc2n(C)c1=O. The van der Waals surface area contributed by atoms with Gasteiger partial charge in [-0.2, -0.15) is 0 Å². The van der Waals surface area contributed by atoms with Crippen molar-refractivity contribution in [3.63, 3.8) is 0 Å². The van der Waals surface area contributed by atoms with Crippen molar-refractivity contribution >= 4 is 30.6 Å². The van der Waals surface area contributed by atoms with Crippen molar-refractivity contribution in [3.05, 3.63) is 41.0 Å². The van der Waals surface area contributed by atoms with Crippen molar-refractivity contribution < 1.29 is 13.5 Å². The van der Waals surface area contributed by atoms with Crippen LogP contribution in [0.4, 0.5) is 0 Å². The van der Waals surface area contributed by atoms with Gasteiger partial charge in [-0.25, -0.2) is 8.42 Å². The van der Waals surface area contributed by atoms with Crippen LogP contribution in [0.3, 0.4) is 0 Å². The van der Waals surface area contributed by atoms with Gasteiger partial charge in [0.15, 0.2) is 0 Å². The van der Waals surface area contributed by atoms with Crippen molar-refractivity contribution in [1.82, 2.24) is 4.57 Å². The average molecular weight is 287 g/mol. The highest BCUT2D eigenvalue weighted by atomic mass is 35.7. The van der Waals surface area contributed by atoms with Gasteiger partial charge in [0, 0.05) is 23.1 Å². The topological polar surface area (TPSA) is 76.4 Å². The van der Waals surface area contributed by atoms with E-state index in [1.807, 2.05) is 0 Å². The van der Waals surface area contributed by atoms with E-state index in [1.54, 1.807) is 0 Å². The quantitative estimate of drug-likeness (QED) is 0.803. The van der Waals surface area contributed by atoms with E-state index >= 15 is 0 Å². The molecular weight excluding hydrogens is 278 g/mol. The van der Waals surface area contributed by atoms with Gasteiger partial charge in [-0.15, -0.1) is 0 Å². The number of hydrogen-bond acceptors (Lipinski definition) is 4. The smallest absolute Gasteiger partial charge is 0.261 e. The van der Waals surface area contributed by atoms with Crippen LogP contribution in [0.5, 0.6) is 5.75 Å². The molecule has 0 aliphatic carbocycles. The molecule has 0 aliphatic rings. The zero-order valence-corrected chi connectivity index (χ0v) is 10.9. The van der Waals surface area contributed by atoms with Crippen molar-refractivity contribution in [1.29, 1.82) is 0 Å². The number of aryl methyl sites for hydroxylation is 1. The lowest BCUT2D eigenvalue weighted by Crippen LogP contribution is -2.19. The lowest BCUT2D eigenvalue weighted by molar-refractivity contribution is 0.477. The molecule has 0 spiro atoms. The molecule has 1 aromatic heterocycles. The van der Waals surface area contributed by atoms with Crippen LogP contribution < -0.4 is 5.56 Å². The van der Waals surface area contributed by atoms with Gasteiger partial charge >= 0.3 is 0 Å². The predicted octanol–water partition coefficient (Wildman–Crippen LogP) is 1.35. The largest absolute Gasteiger partial charge is 0.507 e. The molecule has 1 radical (unpaired) electrons. The molecule has 18 heavy (non-hydrogen) atoms. The van der Waals surface area contributed by atoms with Gasteiger partial charge in [-0.05, 0) is 25.1 Å². The maximum atomic E-state index is 11.7. The maximum Gasteiger partial charge on any atom is 0.261 e. The van der Waals surface area contributed by atoms with Crippen LogP contribution in [0.15, 0.2) is 27.9 Å². The third-order valence-corrected chi connectivity index (χ3v) is 4.07. The molecule has 0 unspecified atom stereocenters. The maximum absolute atomic E-state index is 11.7. The lowest BCUT2D eigenvalue weighted by atomic mass is 10.1. The van der Waals surface area contributed by atoms with Crippen LogP contribution in [-0.4, -0.2) is 18.1 Å². The van der Waals surface area contributed by atoms with Crippen LogP contribution in [0.2, 0.25) is 0 Å². The van der Waals surface area contributed by atoms with Crippen LogP contribution in [0.1, 0.15) is 5.56 Å². The standard InChI is InChI=1S/C11H9ClNO4S/c1-6-10(14)8-5-7(18(12,16)17)3-4-9(8)13(2)11(6)15/h3-5,14H,1H2,2H3. The Bertz CT molecular complexity index is 808. The minimum Gasteiger partial charge on any atom is -0.507 e. The molecule has 2 rings (SSSR count). The number of benzene rings is 1. The van der Waals surface area contributed by atoms with Crippen LogP contribution >= 0.6 is 10.7 Å². The van der Waals surface area contributed by atoms with Crippen molar-refractivity contribution in [2.45, 2.75) is 4.90 Å². The fraction of sp³-hybridized carbons (Fsp3) is 0.0909. The van der Waals surface area contributed by atoms with Gasteiger partial charge in [-0.1, -0.05) is 0 Å². The molecule has 0 amide bonds.